The number of carbonyl (C=O) groups is 1. The molecule has 0 aliphatic carbocycles. The molecule has 1 heterocycles. The summed E-state index contributed by atoms with van der Waals surface area (Å²) in [6.45, 7) is 2.14. The zero-order valence-electron chi connectivity index (χ0n) is 10.5. The Hall–Kier alpha value is -1.92. The summed E-state index contributed by atoms with van der Waals surface area (Å²) in [6, 6.07) is 7.17. The normalized spacial score (nSPS) is 11.9. The van der Waals surface area contributed by atoms with Crippen LogP contribution in [0.1, 0.15) is 17.2 Å². The van der Waals surface area contributed by atoms with Crippen molar-refractivity contribution in [2.45, 2.75) is 13.0 Å². The van der Waals surface area contributed by atoms with Gasteiger partial charge in [-0.2, -0.15) is 0 Å². The summed E-state index contributed by atoms with van der Waals surface area (Å²) in [7, 11) is 0. The molecule has 100 valence electrons. The van der Waals surface area contributed by atoms with Crippen molar-refractivity contribution in [3.63, 3.8) is 0 Å². The number of amides is 2. The van der Waals surface area contributed by atoms with Gasteiger partial charge in [-0.15, -0.1) is 11.3 Å². The van der Waals surface area contributed by atoms with E-state index in [0.29, 0.717) is 5.13 Å². The van der Waals surface area contributed by atoms with E-state index in [0.717, 1.165) is 11.1 Å². The number of aryl methyl sites for hydroxylation is 1. The highest BCUT2D eigenvalue weighted by molar-refractivity contribution is 7.13. The third kappa shape index (κ3) is 4.04. The Balaban J connectivity index is 1.81. The number of aromatic nitrogens is 1. The number of hydrogen-bond acceptors (Lipinski definition) is 4. The van der Waals surface area contributed by atoms with Gasteiger partial charge in [-0.3, -0.25) is 5.32 Å². The molecule has 0 aliphatic heterocycles. The van der Waals surface area contributed by atoms with Crippen molar-refractivity contribution in [1.82, 2.24) is 10.3 Å². The lowest BCUT2D eigenvalue weighted by molar-refractivity contribution is 0.175. The molecule has 0 fully saturated rings. The number of anilines is 1. The van der Waals surface area contributed by atoms with Crippen molar-refractivity contribution < 1.29 is 9.90 Å². The largest absolute Gasteiger partial charge is 0.387 e. The van der Waals surface area contributed by atoms with Gasteiger partial charge in [0.2, 0.25) is 0 Å². The van der Waals surface area contributed by atoms with E-state index in [4.69, 9.17) is 0 Å². The van der Waals surface area contributed by atoms with Crippen LogP contribution in [0, 0.1) is 6.92 Å². The number of nitrogens with one attached hydrogen (secondary N) is 2. The summed E-state index contributed by atoms with van der Waals surface area (Å²) in [6.07, 6.45) is 0.893. The van der Waals surface area contributed by atoms with E-state index in [1.165, 1.54) is 11.3 Å². The number of carbonyl (C=O) groups excluding carboxylic acids is 1. The average molecular weight is 277 g/mol. The smallest absolute Gasteiger partial charge is 0.321 e. The van der Waals surface area contributed by atoms with Crippen molar-refractivity contribution in [2.75, 3.05) is 11.9 Å². The van der Waals surface area contributed by atoms with E-state index in [9.17, 15) is 9.90 Å². The quantitative estimate of drug-likeness (QED) is 0.803. The SMILES string of the molecule is Cc1ccc([C@@H](O)CNC(=O)Nc2nccs2)cc1. The first-order valence-corrected chi connectivity index (χ1v) is 6.72. The predicted octanol–water partition coefficient (Wildman–Crippen LogP) is 2.31. The van der Waals surface area contributed by atoms with Gasteiger partial charge in [0.25, 0.3) is 0 Å². The van der Waals surface area contributed by atoms with E-state index in [1.807, 2.05) is 31.2 Å². The van der Waals surface area contributed by atoms with Crippen molar-refractivity contribution in [3.8, 4) is 0 Å². The zero-order chi connectivity index (χ0) is 13.7. The van der Waals surface area contributed by atoms with Gasteiger partial charge in [-0.1, -0.05) is 29.8 Å². The molecule has 2 aromatic rings. The van der Waals surface area contributed by atoms with Crippen LogP contribution in [0.3, 0.4) is 0 Å². The Labute approximate surface area is 115 Å². The Morgan fingerprint density at radius 3 is 2.79 bits per heavy atom. The number of benzene rings is 1. The Bertz CT molecular complexity index is 525. The summed E-state index contributed by atoms with van der Waals surface area (Å²) < 4.78 is 0. The maximum absolute atomic E-state index is 11.5. The second kappa shape index (κ2) is 6.31. The molecule has 0 unspecified atom stereocenters. The highest BCUT2D eigenvalue weighted by atomic mass is 32.1. The molecule has 0 saturated carbocycles. The second-order valence-corrected chi connectivity index (χ2v) is 4.99. The van der Waals surface area contributed by atoms with Crippen molar-refractivity contribution in [1.29, 1.82) is 0 Å². The molecule has 0 aliphatic rings. The molecule has 1 aromatic carbocycles. The lowest BCUT2D eigenvalue weighted by atomic mass is 10.1. The Morgan fingerprint density at radius 2 is 2.16 bits per heavy atom. The summed E-state index contributed by atoms with van der Waals surface area (Å²) in [5.74, 6) is 0. The first-order valence-electron chi connectivity index (χ1n) is 5.84. The highest BCUT2D eigenvalue weighted by Gasteiger charge is 2.09. The van der Waals surface area contributed by atoms with Gasteiger partial charge in [0.05, 0.1) is 6.10 Å². The second-order valence-electron chi connectivity index (χ2n) is 4.10. The molecule has 1 atom stereocenters. The Morgan fingerprint density at radius 1 is 1.42 bits per heavy atom. The van der Waals surface area contributed by atoms with Gasteiger partial charge in [0, 0.05) is 18.1 Å². The lowest BCUT2D eigenvalue weighted by Gasteiger charge is -2.12. The monoisotopic (exact) mass is 277 g/mol. The molecular formula is C13H15N3O2S. The number of hydrogen-bond donors (Lipinski definition) is 3. The lowest BCUT2D eigenvalue weighted by Crippen LogP contribution is -2.32. The summed E-state index contributed by atoms with van der Waals surface area (Å²) in [5.41, 5.74) is 1.91. The van der Waals surface area contributed by atoms with Crippen LogP contribution in [-0.2, 0) is 0 Å². The molecule has 6 heteroatoms. The predicted molar refractivity (Wildman–Crippen MR) is 75.3 cm³/mol. The maximum Gasteiger partial charge on any atom is 0.321 e. The van der Waals surface area contributed by atoms with Crippen LogP contribution in [0.5, 0.6) is 0 Å². The van der Waals surface area contributed by atoms with Crippen molar-refractivity contribution >= 4 is 22.5 Å². The van der Waals surface area contributed by atoms with Crippen molar-refractivity contribution in [3.05, 3.63) is 47.0 Å². The van der Waals surface area contributed by atoms with E-state index in [2.05, 4.69) is 15.6 Å². The average Bonchev–Trinajstić information content (AvgIpc) is 2.89. The number of rotatable bonds is 4. The third-order valence-electron chi connectivity index (χ3n) is 2.57. The topological polar surface area (TPSA) is 74.2 Å². The van der Waals surface area contributed by atoms with E-state index in [1.54, 1.807) is 11.6 Å². The van der Waals surface area contributed by atoms with Crippen LogP contribution in [0.25, 0.3) is 0 Å². The molecular weight excluding hydrogens is 262 g/mol. The van der Waals surface area contributed by atoms with Crippen LogP contribution in [0.4, 0.5) is 9.93 Å². The molecule has 0 bridgehead atoms. The van der Waals surface area contributed by atoms with E-state index in [-0.39, 0.29) is 12.6 Å². The summed E-state index contributed by atoms with van der Waals surface area (Å²) >= 11 is 1.34. The molecule has 0 saturated heterocycles. The van der Waals surface area contributed by atoms with Gasteiger partial charge < -0.3 is 10.4 Å². The van der Waals surface area contributed by atoms with Crippen LogP contribution < -0.4 is 10.6 Å². The van der Waals surface area contributed by atoms with Gasteiger partial charge in [0.1, 0.15) is 0 Å². The third-order valence-corrected chi connectivity index (χ3v) is 3.26. The molecule has 0 radical (unpaired) electrons. The van der Waals surface area contributed by atoms with Crippen LogP contribution in [0.15, 0.2) is 35.8 Å². The first kappa shape index (κ1) is 13.5. The van der Waals surface area contributed by atoms with Crippen LogP contribution in [-0.4, -0.2) is 22.7 Å². The Kier molecular flexibility index (Phi) is 4.48. The fourth-order valence-electron chi connectivity index (χ4n) is 1.52. The van der Waals surface area contributed by atoms with Gasteiger partial charge >= 0.3 is 6.03 Å². The molecule has 2 amide bonds. The molecule has 2 rings (SSSR count). The van der Waals surface area contributed by atoms with Crippen LogP contribution in [0.2, 0.25) is 0 Å². The molecule has 5 nitrogen and oxygen atoms in total. The molecule has 3 N–H and O–H groups in total. The van der Waals surface area contributed by atoms with Crippen molar-refractivity contribution in [2.24, 2.45) is 0 Å². The molecule has 1 aromatic heterocycles. The van der Waals surface area contributed by atoms with E-state index >= 15 is 0 Å². The van der Waals surface area contributed by atoms with E-state index < -0.39 is 6.10 Å². The molecule has 0 spiro atoms. The maximum atomic E-state index is 11.5. The minimum atomic E-state index is -0.720. The standard InChI is InChI=1S/C13H15N3O2S/c1-9-2-4-10(5-3-9)11(17)8-15-12(18)16-13-14-6-7-19-13/h2-7,11,17H,8H2,1H3,(H2,14,15,16,18)/t11-/m0/s1. The number of urea groups is 1. The zero-order valence-corrected chi connectivity index (χ0v) is 11.3. The minimum Gasteiger partial charge on any atom is -0.387 e. The number of aliphatic hydroxyl groups is 1. The fourth-order valence-corrected chi connectivity index (χ4v) is 2.05. The minimum absolute atomic E-state index is 0.153. The number of nitrogens with zero attached hydrogens (tertiary/aromatic N) is 1. The van der Waals surface area contributed by atoms with Gasteiger partial charge in [-0.25, -0.2) is 9.78 Å². The van der Waals surface area contributed by atoms with Gasteiger partial charge in [0.15, 0.2) is 5.13 Å². The summed E-state index contributed by atoms with van der Waals surface area (Å²) in [5, 5.41) is 17.4. The van der Waals surface area contributed by atoms with Crippen LogP contribution >= 0.6 is 11.3 Å². The number of aliphatic hydroxyl groups excluding tert-OH is 1. The highest BCUT2D eigenvalue weighted by Crippen LogP contribution is 2.13. The first-order chi connectivity index (χ1) is 9.15. The fraction of sp³-hybridized carbons (Fsp3) is 0.231. The van der Waals surface area contributed by atoms with Gasteiger partial charge in [-0.05, 0) is 12.5 Å². The molecule has 19 heavy (non-hydrogen) atoms. The number of thiazole rings is 1. The summed E-state index contributed by atoms with van der Waals surface area (Å²) in [4.78, 5) is 15.5.